The quantitative estimate of drug-likeness (QED) is 0.575. The molecule has 0 aromatic heterocycles. The zero-order valence-electron chi connectivity index (χ0n) is 13.4. The standard InChI is InChI=1S/C21H15ClO2/c1-3-5-14-7-9-16-17-10-8-15(6-4-2)12-19(17)20(18(16)11-14)13-24-21(22)23/h7-12,20H,13H2,1-2H3. The van der Waals surface area contributed by atoms with Crippen molar-refractivity contribution in [1.29, 1.82) is 0 Å². The highest BCUT2D eigenvalue weighted by Crippen LogP contribution is 2.45. The maximum absolute atomic E-state index is 11.1. The van der Waals surface area contributed by atoms with Crippen molar-refractivity contribution >= 4 is 17.0 Å². The van der Waals surface area contributed by atoms with E-state index >= 15 is 0 Å². The van der Waals surface area contributed by atoms with Gasteiger partial charge in [-0.2, -0.15) is 0 Å². The second-order valence-electron chi connectivity index (χ2n) is 5.46. The number of hydrogen-bond donors (Lipinski definition) is 0. The summed E-state index contributed by atoms with van der Waals surface area (Å²) in [5, 5.41) is 0. The second kappa shape index (κ2) is 6.83. The molecule has 0 unspecified atom stereocenters. The largest absolute Gasteiger partial charge is 0.453 e. The highest BCUT2D eigenvalue weighted by Gasteiger charge is 2.30. The average molecular weight is 335 g/mol. The topological polar surface area (TPSA) is 26.3 Å². The molecule has 0 saturated carbocycles. The van der Waals surface area contributed by atoms with Gasteiger partial charge in [-0.05, 0) is 60.4 Å². The summed E-state index contributed by atoms with van der Waals surface area (Å²) in [6, 6.07) is 12.3. The maximum Gasteiger partial charge on any atom is 0.403 e. The SMILES string of the molecule is CC#Cc1ccc2c(c1)C(COC(=O)Cl)c1cc(C#CC)ccc1-2. The van der Waals surface area contributed by atoms with Gasteiger partial charge in [-0.1, -0.05) is 24.0 Å². The summed E-state index contributed by atoms with van der Waals surface area (Å²) >= 11 is 5.37. The molecule has 0 spiro atoms. The highest BCUT2D eigenvalue weighted by atomic mass is 35.5. The first-order chi connectivity index (χ1) is 11.6. The van der Waals surface area contributed by atoms with Crippen molar-refractivity contribution in [2.75, 3.05) is 6.61 Å². The van der Waals surface area contributed by atoms with E-state index in [4.69, 9.17) is 16.3 Å². The minimum Gasteiger partial charge on any atom is -0.453 e. The van der Waals surface area contributed by atoms with Crippen LogP contribution in [0.4, 0.5) is 4.79 Å². The maximum atomic E-state index is 11.1. The van der Waals surface area contributed by atoms with Crippen LogP contribution in [0.5, 0.6) is 0 Å². The van der Waals surface area contributed by atoms with Crippen molar-refractivity contribution in [3.63, 3.8) is 0 Å². The Kier molecular flexibility index (Phi) is 4.61. The van der Waals surface area contributed by atoms with Crippen molar-refractivity contribution in [3.8, 4) is 34.8 Å². The molecule has 0 fully saturated rings. The van der Waals surface area contributed by atoms with Crippen molar-refractivity contribution in [3.05, 3.63) is 58.7 Å². The Balaban J connectivity index is 2.13. The minimum atomic E-state index is -0.793. The summed E-state index contributed by atoms with van der Waals surface area (Å²) in [6.45, 7) is 3.82. The van der Waals surface area contributed by atoms with Crippen molar-refractivity contribution in [2.45, 2.75) is 19.8 Å². The van der Waals surface area contributed by atoms with E-state index < -0.39 is 5.43 Å². The first-order valence-electron chi connectivity index (χ1n) is 7.60. The number of benzene rings is 2. The molecule has 118 valence electrons. The lowest BCUT2D eigenvalue weighted by Gasteiger charge is -2.13. The smallest absolute Gasteiger partial charge is 0.403 e. The van der Waals surface area contributed by atoms with Crippen LogP contribution < -0.4 is 0 Å². The third kappa shape index (κ3) is 3.02. The third-order valence-corrected chi connectivity index (χ3v) is 4.16. The van der Waals surface area contributed by atoms with Gasteiger partial charge in [-0.3, -0.25) is 0 Å². The molecule has 0 bridgehead atoms. The normalized spacial score (nSPS) is 11.5. The molecule has 0 aliphatic heterocycles. The molecule has 0 amide bonds. The third-order valence-electron chi connectivity index (χ3n) is 4.05. The first kappa shape index (κ1) is 16.2. The van der Waals surface area contributed by atoms with E-state index in [9.17, 15) is 4.79 Å². The fourth-order valence-electron chi connectivity index (χ4n) is 3.13. The molecule has 3 rings (SSSR count). The van der Waals surface area contributed by atoms with E-state index in [1.165, 1.54) is 0 Å². The van der Waals surface area contributed by atoms with Crippen LogP contribution in [-0.2, 0) is 4.74 Å². The Morgan fingerprint density at radius 1 is 1.00 bits per heavy atom. The van der Waals surface area contributed by atoms with Crippen molar-refractivity contribution in [2.24, 2.45) is 0 Å². The van der Waals surface area contributed by atoms with Crippen LogP contribution in [0.1, 0.15) is 42.0 Å². The summed E-state index contributed by atoms with van der Waals surface area (Å²) in [5.74, 6) is 11.9. The zero-order valence-corrected chi connectivity index (χ0v) is 14.2. The molecule has 0 atom stereocenters. The Morgan fingerprint density at radius 2 is 1.50 bits per heavy atom. The van der Waals surface area contributed by atoms with E-state index in [0.717, 1.165) is 33.4 Å². The van der Waals surface area contributed by atoms with Crippen LogP contribution in [0.3, 0.4) is 0 Å². The molecule has 1 aliphatic carbocycles. The van der Waals surface area contributed by atoms with Gasteiger partial charge in [0.2, 0.25) is 0 Å². The number of rotatable bonds is 2. The van der Waals surface area contributed by atoms with Gasteiger partial charge >= 0.3 is 5.43 Å². The molecule has 0 heterocycles. The van der Waals surface area contributed by atoms with Gasteiger partial charge in [0.05, 0.1) is 0 Å². The number of halogens is 1. The van der Waals surface area contributed by atoms with Crippen LogP contribution in [-0.4, -0.2) is 12.0 Å². The average Bonchev–Trinajstić information content (AvgIpc) is 2.86. The number of fused-ring (bicyclic) bond motifs is 3. The summed E-state index contributed by atoms with van der Waals surface area (Å²) in [4.78, 5) is 11.1. The molecule has 3 heteroatoms. The van der Waals surface area contributed by atoms with Crippen LogP contribution in [0.2, 0.25) is 0 Å². The van der Waals surface area contributed by atoms with Crippen molar-refractivity contribution in [1.82, 2.24) is 0 Å². The molecule has 0 radical (unpaired) electrons. The number of carbonyl (C=O) groups excluding carboxylic acids is 1. The van der Waals surface area contributed by atoms with Gasteiger partial charge in [-0.15, -0.1) is 11.8 Å². The summed E-state index contributed by atoms with van der Waals surface area (Å²) in [6.07, 6.45) is 0. The molecule has 2 nitrogen and oxygen atoms in total. The molecule has 2 aromatic rings. The highest BCUT2D eigenvalue weighted by molar-refractivity contribution is 6.61. The summed E-state index contributed by atoms with van der Waals surface area (Å²) < 4.78 is 5.09. The van der Waals surface area contributed by atoms with Crippen LogP contribution in [0.15, 0.2) is 36.4 Å². The lowest BCUT2D eigenvalue weighted by atomic mass is 9.95. The Hall–Kier alpha value is -2.68. The number of carbonyl (C=O) groups is 1. The Labute approximate surface area is 146 Å². The van der Waals surface area contributed by atoms with E-state index in [0.29, 0.717) is 0 Å². The molecule has 0 N–H and O–H groups in total. The fraction of sp³-hybridized carbons (Fsp3) is 0.190. The van der Waals surface area contributed by atoms with Crippen LogP contribution >= 0.6 is 11.6 Å². The monoisotopic (exact) mass is 334 g/mol. The number of hydrogen-bond acceptors (Lipinski definition) is 2. The van der Waals surface area contributed by atoms with Crippen LogP contribution in [0.25, 0.3) is 11.1 Å². The molecule has 24 heavy (non-hydrogen) atoms. The van der Waals surface area contributed by atoms with Crippen LogP contribution in [0, 0.1) is 23.7 Å². The first-order valence-corrected chi connectivity index (χ1v) is 7.98. The molecular formula is C21H15ClO2. The summed E-state index contributed by atoms with van der Waals surface area (Å²) in [5.41, 5.74) is 5.57. The predicted molar refractivity (Wildman–Crippen MR) is 96.0 cm³/mol. The predicted octanol–water partition coefficient (Wildman–Crippen LogP) is 4.92. The lowest BCUT2D eigenvalue weighted by molar-refractivity contribution is 0.170. The van der Waals surface area contributed by atoms with Gasteiger partial charge in [0.15, 0.2) is 0 Å². The van der Waals surface area contributed by atoms with E-state index in [-0.39, 0.29) is 12.5 Å². The lowest BCUT2D eigenvalue weighted by Crippen LogP contribution is -2.08. The second-order valence-corrected chi connectivity index (χ2v) is 5.76. The summed E-state index contributed by atoms with van der Waals surface area (Å²) in [7, 11) is 0. The van der Waals surface area contributed by atoms with Gasteiger partial charge in [0, 0.05) is 28.6 Å². The number of ether oxygens (including phenoxy) is 1. The van der Waals surface area contributed by atoms with E-state index in [1.54, 1.807) is 0 Å². The molecule has 0 saturated heterocycles. The molecule has 1 aliphatic rings. The Bertz CT molecular complexity index is 866. The van der Waals surface area contributed by atoms with Gasteiger partial charge < -0.3 is 4.74 Å². The van der Waals surface area contributed by atoms with Gasteiger partial charge in [-0.25, -0.2) is 4.79 Å². The minimum absolute atomic E-state index is 0.0603. The molecular weight excluding hydrogens is 320 g/mol. The zero-order chi connectivity index (χ0) is 17.1. The van der Waals surface area contributed by atoms with E-state index in [1.807, 2.05) is 26.0 Å². The van der Waals surface area contributed by atoms with E-state index in [2.05, 4.69) is 47.9 Å². The van der Waals surface area contributed by atoms with Crippen molar-refractivity contribution < 1.29 is 9.53 Å². The fourth-order valence-corrected chi connectivity index (χ4v) is 3.20. The van der Waals surface area contributed by atoms with Gasteiger partial charge in [0.25, 0.3) is 0 Å². The molecule has 2 aromatic carbocycles. The Morgan fingerprint density at radius 3 is 1.92 bits per heavy atom. The van der Waals surface area contributed by atoms with Gasteiger partial charge in [0.1, 0.15) is 6.61 Å².